The van der Waals surface area contributed by atoms with Crippen LogP contribution in [-0.4, -0.2) is 11.0 Å². The number of benzene rings is 1. The number of aromatic nitrogens is 1. The quantitative estimate of drug-likeness (QED) is 0.791. The molecule has 0 aliphatic rings. The van der Waals surface area contributed by atoms with Crippen LogP contribution in [0.2, 0.25) is 0 Å². The molecule has 2 aromatic rings. The molecule has 0 spiro atoms. The van der Waals surface area contributed by atoms with Crippen molar-refractivity contribution >= 4 is 10.9 Å². The lowest BCUT2D eigenvalue weighted by atomic mass is 10.2. The third kappa shape index (κ3) is 3.14. The zero-order valence-electron chi connectivity index (χ0n) is 10.2. The number of hydrogen-bond acceptors (Lipinski definition) is 2. The molecule has 0 bridgehead atoms. The van der Waals surface area contributed by atoms with Crippen molar-refractivity contribution < 1.29 is 0 Å². The van der Waals surface area contributed by atoms with Gasteiger partial charge in [0.2, 0.25) is 0 Å². The average molecular weight is 226 g/mol. The van der Waals surface area contributed by atoms with E-state index >= 15 is 0 Å². The molecule has 1 aromatic heterocycles. The van der Waals surface area contributed by atoms with Crippen LogP contribution >= 0.6 is 0 Å². The van der Waals surface area contributed by atoms with Crippen molar-refractivity contribution in [1.82, 2.24) is 10.3 Å². The third-order valence-electron chi connectivity index (χ3n) is 2.81. The zero-order chi connectivity index (χ0) is 12.1. The Morgan fingerprint density at radius 1 is 1.29 bits per heavy atom. The van der Waals surface area contributed by atoms with Crippen molar-refractivity contribution in [3.05, 3.63) is 54.7 Å². The second-order valence-electron chi connectivity index (χ2n) is 4.30. The summed E-state index contributed by atoms with van der Waals surface area (Å²) in [4.78, 5) is 4.62. The summed E-state index contributed by atoms with van der Waals surface area (Å²) in [5.41, 5.74) is 2.14. The van der Waals surface area contributed by atoms with Gasteiger partial charge in [-0.25, -0.2) is 0 Å². The van der Waals surface area contributed by atoms with Gasteiger partial charge in [0.25, 0.3) is 0 Å². The molecule has 1 heterocycles. The van der Waals surface area contributed by atoms with Gasteiger partial charge in [-0.05, 0) is 25.5 Å². The molecule has 0 fully saturated rings. The van der Waals surface area contributed by atoms with E-state index in [2.05, 4.69) is 42.0 Å². The van der Waals surface area contributed by atoms with Gasteiger partial charge in [0, 0.05) is 18.0 Å². The first-order valence-corrected chi connectivity index (χ1v) is 5.98. The predicted octanol–water partition coefficient (Wildman–Crippen LogP) is 3.29. The summed E-state index contributed by atoms with van der Waals surface area (Å²) < 4.78 is 0. The Bertz CT molecular complexity index is 505. The second kappa shape index (κ2) is 5.60. The highest BCUT2D eigenvalue weighted by atomic mass is 14.9. The fourth-order valence-electron chi connectivity index (χ4n) is 1.82. The largest absolute Gasteiger partial charge is 0.308 e. The van der Waals surface area contributed by atoms with E-state index in [0.29, 0.717) is 6.04 Å². The maximum Gasteiger partial charge on any atom is 0.0705 e. The first kappa shape index (κ1) is 11.8. The van der Waals surface area contributed by atoms with Crippen LogP contribution < -0.4 is 5.32 Å². The Balaban J connectivity index is 2.06. The van der Waals surface area contributed by atoms with Crippen LogP contribution in [-0.2, 0) is 6.54 Å². The van der Waals surface area contributed by atoms with Gasteiger partial charge in [-0.2, -0.15) is 0 Å². The summed E-state index contributed by atoms with van der Waals surface area (Å²) in [5, 5.41) is 4.62. The number of pyridine rings is 1. The van der Waals surface area contributed by atoms with Crippen molar-refractivity contribution in [2.24, 2.45) is 0 Å². The van der Waals surface area contributed by atoms with Gasteiger partial charge < -0.3 is 5.32 Å². The van der Waals surface area contributed by atoms with E-state index < -0.39 is 0 Å². The van der Waals surface area contributed by atoms with Gasteiger partial charge in [-0.15, -0.1) is 6.58 Å². The van der Waals surface area contributed by atoms with E-state index in [1.807, 2.05) is 24.3 Å². The van der Waals surface area contributed by atoms with Crippen molar-refractivity contribution in [1.29, 1.82) is 0 Å². The Morgan fingerprint density at radius 3 is 2.94 bits per heavy atom. The molecule has 0 saturated heterocycles. The standard InChI is InChI=1S/C15H18N2/c1-3-6-12(2)16-11-14-10-9-13-7-4-5-8-15(13)17-14/h3-5,7-10,12,16H,1,6,11H2,2H3. The second-order valence-corrected chi connectivity index (χ2v) is 4.30. The van der Waals surface area contributed by atoms with Crippen LogP contribution in [0.4, 0.5) is 0 Å². The van der Waals surface area contributed by atoms with Gasteiger partial charge in [0.05, 0.1) is 11.2 Å². The van der Waals surface area contributed by atoms with Gasteiger partial charge in [0.1, 0.15) is 0 Å². The van der Waals surface area contributed by atoms with E-state index in [9.17, 15) is 0 Å². The number of rotatable bonds is 5. The van der Waals surface area contributed by atoms with Gasteiger partial charge in [-0.1, -0.05) is 30.3 Å². The van der Waals surface area contributed by atoms with Crippen molar-refractivity contribution in [2.75, 3.05) is 0 Å². The highest BCUT2D eigenvalue weighted by Crippen LogP contribution is 2.11. The van der Waals surface area contributed by atoms with E-state index in [-0.39, 0.29) is 0 Å². The highest BCUT2D eigenvalue weighted by molar-refractivity contribution is 5.78. The molecule has 2 nitrogen and oxygen atoms in total. The van der Waals surface area contributed by atoms with Crippen LogP contribution in [0.25, 0.3) is 10.9 Å². The lowest BCUT2D eigenvalue weighted by molar-refractivity contribution is 0.549. The zero-order valence-corrected chi connectivity index (χ0v) is 10.2. The Kier molecular flexibility index (Phi) is 3.89. The van der Waals surface area contributed by atoms with Crippen molar-refractivity contribution in [3.63, 3.8) is 0 Å². The topological polar surface area (TPSA) is 24.9 Å². The number of para-hydroxylation sites is 1. The molecular weight excluding hydrogens is 208 g/mol. The fourth-order valence-corrected chi connectivity index (χ4v) is 1.82. The molecule has 88 valence electrons. The lowest BCUT2D eigenvalue weighted by Crippen LogP contribution is -2.25. The first-order chi connectivity index (χ1) is 8.29. The molecule has 0 radical (unpaired) electrons. The van der Waals surface area contributed by atoms with Crippen LogP contribution in [0.15, 0.2) is 49.1 Å². The summed E-state index contributed by atoms with van der Waals surface area (Å²) in [5.74, 6) is 0. The summed E-state index contributed by atoms with van der Waals surface area (Å²) in [6.45, 7) is 6.70. The molecule has 1 atom stereocenters. The number of nitrogens with zero attached hydrogens (tertiary/aromatic N) is 1. The molecule has 1 unspecified atom stereocenters. The average Bonchev–Trinajstić information content (AvgIpc) is 2.36. The molecule has 1 N–H and O–H groups in total. The molecule has 0 amide bonds. The van der Waals surface area contributed by atoms with E-state index in [4.69, 9.17) is 0 Å². The van der Waals surface area contributed by atoms with E-state index in [1.165, 1.54) is 5.39 Å². The Labute approximate surface area is 102 Å². The van der Waals surface area contributed by atoms with Crippen molar-refractivity contribution in [2.45, 2.75) is 25.9 Å². The molecule has 0 aliphatic carbocycles. The minimum atomic E-state index is 0.445. The molecule has 2 rings (SSSR count). The predicted molar refractivity (Wildman–Crippen MR) is 72.9 cm³/mol. The molecular formula is C15H18N2. The maximum atomic E-state index is 4.62. The number of hydrogen-bond donors (Lipinski definition) is 1. The monoisotopic (exact) mass is 226 g/mol. The molecule has 17 heavy (non-hydrogen) atoms. The summed E-state index contributed by atoms with van der Waals surface area (Å²) in [6, 6.07) is 12.8. The highest BCUT2D eigenvalue weighted by Gasteiger charge is 2.01. The normalized spacial score (nSPS) is 12.5. The number of fused-ring (bicyclic) bond motifs is 1. The maximum absolute atomic E-state index is 4.62. The van der Waals surface area contributed by atoms with E-state index in [1.54, 1.807) is 0 Å². The van der Waals surface area contributed by atoms with Crippen LogP contribution in [0.3, 0.4) is 0 Å². The minimum Gasteiger partial charge on any atom is -0.308 e. The van der Waals surface area contributed by atoms with E-state index in [0.717, 1.165) is 24.2 Å². The van der Waals surface area contributed by atoms with Crippen LogP contribution in [0.5, 0.6) is 0 Å². The fraction of sp³-hybridized carbons (Fsp3) is 0.267. The summed E-state index contributed by atoms with van der Waals surface area (Å²) in [6.07, 6.45) is 2.92. The van der Waals surface area contributed by atoms with Gasteiger partial charge >= 0.3 is 0 Å². The smallest absolute Gasteiger partial charge is 0.0705 e. The Morgan fingerprint density at radius 2 is 2.12 bits per heavy atom. The summed E-state index contributed by atoms with van der Waals surface area (Å²) >= 11 is 0. The third-order valence-corrected chi connectivity index (χ3v) is 2.81. The lowest BCUT2D eigenvalue weighted by Gasteiger charge is -2.11. The number of nitrogens with one attached hydrogen (secondary N) is 1. The van der Waals surface area contributed by atoms with Crippen molar-refractivity contribution in [3.8, 4) is 0 Å². The van der Waals surface area contributed by atoms with Gasteiger partial charge in [0.15, 0.2) is 0 Å². The summed E-state index contributed by atoms with van der Waals surface area (Å²) in [7, 11) is 0. The van der Waals surface area contributed by atoms with Gasteiger partial charge in [-0.3, -0.25) is 4.98 Å². The van der Waals surface area contributed by atoms with Crippen LogP contribution in [0, 0.1) is 0 Å². The first-order valence-electron chi connectivity index (χ1n) is 5.98. The minimum absolute atomic E-state index is 0.445. The molecule has 0 saturated carbocycles. The SMILES string of the molecule is C=CCC(C)NCc1ccc2ccccc2n1. The molecule has 2 heteroatoms. The molecule has 0 aliphatic heterocycles. The molecule has 1 aromatic carbocycles. The Hall–Kier alpha value is -1.67. The van der Waals surface area contributed by atoms with Crippen LogP contribution in [0.1, 0.15) is 19.0 Å².